The van der Waals surface area contributed by atoms with E-state index in [9.17, 15) is 4.79 Å². The molecule has 6 nitrogen and oxygen atoms in total. The van der Waals surface area contributed by atoms with Gasteiger partial charge in [-0.05, 0) is 30.9 Å². The summed E-state index contributed by atoms with van der Waals surface area (Å²) in [6.07, 6.45) is 3.72. The van der Waals surface area contributed by atoms with E-state index in [1.807, 2.05) is 35.2 Å². The number of benzene rings is 1. The van der Waals surface area contributed by atoms with Crippen LogP contribution in [0.3, 0.4) is 0 Å². The lowest BCUT2D eigenvalue weighted by Gasteiger charge is -2.22. The van der Waals surface area contributed by atoms with Crippen molar-refractivity contribution in [2.45, 2.75) is 32.7 Å². The van der Waals surface area contributed by atoms with Gasteiger partial charge in [0.05, 0.1) is 18.5 Å². The fraction of sp³-hybridized carbons (Fsp3) is 0.474. The van der Waals surface area contributed by atoms with E-state index < -0.39 is 0 Å². The first-order valence-corrected chi connectivity index (χ1v) is 8.89. The van der Waals surface area contributed by atoms with Gasteiger partial charge in [-0.2, -0.15) is 5.10 Å². The molecule has 0 radical (unpaired) electrons. The molecule has 1 amide bonds. The Bertz CT molecular complexity index is 718. The van der Waals surface area contributed by atoms with Crippen molar-refractivity contribution in [2.24, 2.45) is 11.7 Å². The zero-order valence-electron chi connectivity index (χ0n) is 15.3. The standard InChI is InChI=1S/C19H26N4O2.ClH/c1-14(2)13-25-17-12-23(15-7-4-3-5-8-15)21-18(17)19(24)22-10-6-9-16(22)11-20;/h3-5,7-8,12,14,16H,6,9-11,13,20H2,1-2H3;1H. The molecule has 1 aromatic heterocycles. The van der Waals surface area contributed by atoms with E-state index in [2.05, 4.69) is 18.9 Å². The predicted molar refractivity (Wildman–Crippen MR) is 104 cm³/mol. The van der Waals surface area contributed by atoms with Crippen LogP contribution >= 0.6 is 12.4 Å². The summed E-state index contributed by atoms with van der Waals surface area (Å²) in [5, 5.41) is 4.53. The Morgan fingerprint density at radius 1 is 1.35 bits per heavy atom. The summed E-state index contributed by atoms with van der Waals surface area (Å²) < 4.78 is 7.59. The van der Waals surface area contributed by atoms with Crippen LogP contribution in [-0.2, 0) is 0 Å². The van der Waals surface area contributed by atoms with Gasteiger partial charge in [-0.1, -0.05) is 32.0 Å². The number of halogens is 1. The quantitative estimate of drug-likeness (QED) is 0.838. The molecule has 2 heterocycles. The van der Waals surface area contributed by atoms with E-state index in [1.165, 1.54) is 0 Å². The van der Waals surface area contributed by atoms with Crippen molar-refractivity contribution in [3.8, 4) is 11.4 Å². The third-order valence-electron chi connectivity index (χ3n) is 4.39. The van der Waals surface area contributed by atoms with Crippen molar-refractivity contribution in [1.82, 2.24) is 14.7 Å². The highest BCUT2D eigenvalue weighted by Gasteiger charge is 2.32. The summed E-state index contributed by atoms with van der Waals surface area (Å²) in [6, 6.07) is 9.83. The zero-order valence-corrected chi connectivity index (χ0v) is 16.1. The Balaban J connectivity index is 0.00000243. The van der Waals surface area contributed by atoms with Crippen molar-refractivity contribution in [1.29, 1.82) is 0 Å². The number of likely N-dealkylation sites (tertiary alicyclic amines) is 1. The Labute approximate surface area is 160 Å². The minimum atomic E-state index is -0.0959. The van der Waals surface area contributed by atoms with Crippen LogP contribution in [0.2, 0.25) is 0 Å². The topological polar surface area (TPSA) is 73.4 Å². The molecule has 7 heteroatoms. The lowest BCUT2D eigenvalue weighted by molar-refractivity contribution is 0.0729. The van der Waals surface area contributed by atoms with Crippen molar-refractivity contribution in [3.05, 3.63) is 42.2 Å². The molecule has 3 rings (SSSR count). The number of amides is 1. The molecule has 1 fully saturated rings. The first-order valence-electron chi connectivity index (χ1n) is 8.89. The summed E-state index contributed by atoms with van der Waals surface area (Å²) in [5.41, 5.74) is 7.08. The molecule has 2 aromatic rings. The summed E-state index contributed by atoms with van der Waals surface area (Å²) >= 11 is 0. The maximum atomic E-state index is 13.0. The lowest BCUT2D eigenvalue weighted by atomic mass is 10.2. The minimum absolute atomic E-state index is 0. The monoisotopic (exact) mass is 378 g/mol. The SMILES string of the molecule is CC(C)COc1cn(-c2ccccc2)nc1C(=O)N1CCCC1CN.Cl. The summed E-state index contributed by atoms with van der Waals surface area (Å²) in [7, 11) is 0. The number of para-hydroxylation sites is 1. The van der Waals surface area contributed by atoms with Gasteiger partial charge < -0.3 is 15.4 Å². The van der Waals surface area contributed by atoms with Gasteiger partial charge in [0.1, 0.15) is 0 Å². The third-order valence-corrected chi connectivity index (χ3v) is 4.39. The Kier molecular flexibility index (Phi) is 7.06. The highest BCUT2D eigenvalue weighted by atomic mass is 35.5. The first-order chi connectivity index (χ1) is 12.1. The fourth-order valence-electron chi connectivity index (χ4n) is 3.07. The van der Waals surface area contributed by atoms with Crippen molar-refractivity contribution >= 4 is 18.3 Å². The molecule has 1 atom stereocenters. The number of hydrogen-bond donors (Lipinski definition) is 1. The van der Waals surface area contributed by atoms with Crippen LogP contribution in [0.4, 0.5) is 0 Å². The van der Waals surface area contributed by atoms with Gasteiger partial charge in [-0.15, -0.1) is 12.4 Å². The molecule has 0 saturated carbocycles. The third kappa shape index (κ3) is 4.37. The summed E-state index contributed by atoms with van der Waals surface area (Å²) in [6.45, 7) is 5.90. The largest absolute Gasteiger partial charge is 0.489 e. The molecule has 2 N–H and O–H groups in total. The average molecular weight is 379 g/mol. The molecular weight excluding hydrogens is 352 g/mol. The predicted octanol–water partition coefficient (Wildman–Crippen LogP) is 2.89. The van der Waals surface area contributed by atoms with Crippen LogP contribution in [-0.4, -0.2) is 46.3 Å². The number of aromatic nitrogens is 2. The molecule has 142 valence electrons. The van der Waals surface area contributed by atoms with Crippen LogP contribution in [0.15, 0.2) is 36.5 Å². The molecule has 1 unspecified atom stereocenters. The molecule has 1 aromatic carbocycles. The number of carbonyl (C=O) groups excluding carboxylic acids is 1. The molecule has 1 saturated heterocycles. The van der Waals surface area contributed by atoms with Gasteiger partial charge in [0.2, 0.25) is 0 Å². The molecule has 0 bridgehead atoms. The van der Waals surface area contributed by atoms with Gasteiger partial charge in [-0.3, -0.25) is 4.79 Å². The normalized spacial score (nSPS) is 16.6. The maximum absolute atomic E-state index is 13.0. The molecule has 1 aliphatic rings. The maximum Gasteiger partial charge on any atom is 0.278 e. The Hall–Kier alpha value is -2.05. The van der Waals surface area contributed by atoms with Crippen LogP contribution in [0.1, 0.15) is 37.2 Å². The van der Waals surface area contributed by atoms with E-state index in [1.54, 1.807) is 10.9 Å². The van der Waals surface area contributed by atoms with Gasteiger partial charge >= 0.3 is 0 Å². The second-order valence-electron chi connectivity index (χ2n) is 6.86. The number of carbonyl (C=O) groups is 1. The zero-order chi connectivity index (χ0) is 17.8. The van der Waals surface area contributed by atoms with Gasteiger partial charge in [0.25, 0.3) is 5.91 Å². The molecular formula is C19H27ClN4O2. The van der Waals surface area contributed by atoms with Crippen LogP contribution < -0.4 is 10.5 Å². The molecule has 1 aliphatic heterocycles. The second kappa shape index (κ2) is 9.05. The molecule has 0 spiro atoms. The minimum Gasteiger partial charge on any atom is -0.489 e. The molecule has 0 aliphatic carbocycles. The van der Waals surface area contributed by atoms with Gasteiger partial charge in [0, 0.05) is 19.1 Å². The van der Waals surface area contributed by atoms with Gasteiger partial charge in [0.15, 0.2) is 11.4 Å². The van der Waals surface area contributed by atoms with Gasteiger partial charge in [-0.25, -0.2) is 4.68 Å². The van der Waals surface area contributed by atoms with Crippen LogP contribution in [0.25, 0.3) is 5.69 Å². The van der Waals surface area contributed by atoms with Crippen LogP contribution in [0.5, 0.6) is 5.75 Å². The number of nitrogens with zero attached hydrogens (tertiary/aromatic N) is 3. The van der Waals surface area contributed by atoms with E-state index >= 15 is 0 Å². The van der Waals surface area contributed by atoms with E-state index in [4.69, 9.17) is 10.5 Å². The van der Waals surface area contributed by atoms with Crippen molar-refractivity contribution in [3.63, 3.8) is 0 Å². The lowest BCUT2D eigenvalue weighted by Crippen LogP contribution is -2.40. The number of ether oxygens (including phenoxy) is 1. The summed E-state index contributed by atoms with van der Waals surface area (Å²) in [5.74, 6) is 0.804. The Morgan fingerprint density at radius 3 is 2.73 bits per heavy atom. The van der Waals surface area contributed by atoms with Crippen molar-refractivity contribution < 1.29 is 9.53 Å². The number of rotatable bonds is 6. The van der Waals surface area contributed by atoms with Crippen molar-refractivity contribution in [2.75, 3.05) is 19.7 Å². The van der Waals surface area contributed by atoms with Crippen LogP contribution in [0, 0.1) is 5.92 Å². The summed E-state index contributed by atoms with van der Waals surface area (Å²) in [4.78, 5) is 14.9. The number of hydrogen-bond acceptors (Lipinski definition) is 4. The smallest absolute Gasteiger partial charge is 0.278 e. The average Bonchev–Trinajstić information content (AvgIpc) is 3.27. The Morgan fingerprint density at radius 2 is 2.08 bits per heavy atom. The van der Waals surface area contributed by atoms with E-state index in [0.717, 1.165) is 25.1 Å². The fourth-order valence-corrected chi connectivity index (χ4v) is 3.07. The highest BCUT2D eigenvalue weighted by molar-refractivity contribution is 5.95. The second-order valence-corrected chi connectivity index (χ2v) is 6.86. The highest BCUT2D eigenvalue weighted by Crippen LogP contribution is 2.26. The number of nitrogens with two attached hydrogens (primary N) is 1. The van der Waals surface area contributed by atoms with E-state index in [-0.39, 0.29) is 24.4 Å². The first kappa shape index (κ1) is 20.3. The van der Waals surface area contributed by atoms with E-state index in [0.29, 0.717) is 30.5 Å². The molecule has 26 heavy (non-hydrogen) atoms.